The number of nitrogens with one attached hydrogen (secondary N) is 4. The Balaban J connectivity index is 0.000000252. The molecule has 626 valence electrons. The predicted octanol–water partition coefficient (Wildman–Crippen LogP) is 10.6. The van der Waals surface area contributed by atoms with E-state index in [1.54, 1.807) is 148 Å². The van der Waals surface area contributed by atoms with Crippen molar-refractivity contribution in [1.29, 1.82) is 10.5 Å². The van der Waals surface area contributed by atoms with Crippen LogP contribution < -0.4 is 72.9 Å². The minimum absolute atomic E-state index is 0.0148. The number of ether oxygens (including phenoxy) is 7. The van der Waals surface area contributed by atoms with Crippen molar-refractivity contribution in [2.75, 3.05) is 75.5 Å². The maximum atomic E-state index is 11.8. The Kier molecular flexibility index (Phi) is 34.6. The van der Waals surface area contributed by atoms with Gasteiger partial charge in [0.05, 0.1) is 6.07 Å². The maximum absolute atomic E-state index is 11.8. The van der Waals surface area contributed by atoms with Crippen molar-refractivity contribution in [2.45, 2.75) is 139 Å². The molecule has 11 rings (SSSR count). The second-order valence-electron chi connectivity index (χ2n) is 28.3. The number of nitrogens with zero attached hydrogens (tertiary/aromatic N) is 14. The Labute approximate surface area is 680 Å². The van der Waals surface area contributed by atoms with Gasteiger partial charge in [0.25, 0.3) is 12.4 Å². The van der Waals surface area contributed by atoms with Crippen molar-refractivity contribution in [1.82, 2.24) is 58.1 Å². The van der Waals surface area contributed by atoms with Crippen LogP contribution in [0.3, 0.4) is 0 Å². The first-order chi connectivity index (χ1) is 55.4. The summed E-state index contributed by atoms with van der Waals surface area (Å²) in [4.78, 5) is 99.9. The summed E-state index contributed by atoms with van der Waals surface area (Å²) in [6.45, 7) is 28.7. The van der Waals surface area contributed by atoms with Crippen molar-refractivity contribution in [3.63, 3.8) is 0 Å². The van der Waals surface area contributed by atoms with Gasteiger partial charge in [-0.25, -0.2) is 59.0 Å². The molecule has 0 aliphatic carbocycles. The molecule has 11 aromatic rings. The molecule has 0 saturated carbocycles. The molecule has 0 spiro atoms. The number of aromatic nitrogens is 12. The van der Waals surface area contributed by atoms with Crippen molar-refractivity contribution in [2.24, 2.45) is 17.2 Å². The number of nitrogen functional groups attached to an aromatic ring is 6. The number of rotatable bonds is 16. The van der Waals surface area contributed by atoms with Gasteiger partial charge in [-0.05, 0) is 225 Å². The predicted molar refractivity (Wildman–Crippen MR) is 447 cm³/mol. The quantitative estimate of drug-likeness (QED) is 0.0243. The van der Waals surface area contributed by atoms with Gasteiger partial charge >= 0.3 is 24.4 Å². The molecular formula is C78H101N27O13. The molecule has 0 aliphatic rings. The fourth-order valence-electron chi connectivity index (χ4n) is 9.11. The highest BCUT2D eigenvalue weighted by Gasteiger charge is 2.22. The number of hydrogen-bond donors (Lipinski definition) is 13. The number of carbonyl (C=O) groups excluding carboxylic acids is 6. The van der Waals surface area contributed by atoms with Crippen LogP contribution in [-0.2, 0) is 38.0 Å². The molecule has 22 N–H and O–H groups in total. The molecule has 0 aliphatic heterocycles. The van der Waals surface area contributed by atoms with Crippen LogP contribution in [0.15, 0.2) is 159 Å². The third-order valence-corrected chi connectivity index (χ3v) is 14.1. The van der Waals surface area contributed by atoms with Crippen molar-refractivity contribution < 1.29 is 61.9 Å². The standard InChI is InChI=1S/C16H18N6O2.C15H19N5O3.C15H17N5O2.C11H10N6.C11H16N2O2.C7H16O3.C3H5N3O/c1-16(2,3)24-15(23)21-10-4-6-11(7-5-10)22-9-20-12-13(17)18-8-19-14(12)22;1-15(2,3)23-14(22)19-9-4-6-10(7-5-9)20-8-18-11(12(20)16)13(17)21;1-15(2,3)22-14(21)19-10-4-6-11(7-5-10)20-9-18-12(8-16)13(20)17;12-7-1-3-8(4-2-7)17-6-16-9-10(13)14-5-15-11(9)17;1-11(2,3)15-10(14)13-9-6-4-8(12)5-7-9;1-4-8-7(9-5-2)10-6-3;4-1-2(5)3(6)7/h4-9H,1-3H3,(H,21,23)(H2,17,18,19);4-8H,16H2,1-3H3,(H2,17,21)(H,19,22);4-7,9H,17H2,1-3H3,(H,19,21);1-6H,12H2,(H2,13,14,15);4-7H,12H2,1-3H3,(H,13,14);7H,4-6H2,1-3H3;2H,5H2,(H2,6,7). The molecule has 118 heavy (non-hydrogen) atoms. The molecule has 1 atom stereocenters. The SMILES string of the molecule is CC(C)(C)OC(=O)Nc1ccc(-n2cnc(C#N)c2N)cc1.CC(C)(C)OC(=O)Nc1ccc(-n2cnc(C(N)=O)c2N)cc1.CC(C)(C)OC(=O)Nc1ccc(-n2cnc3c(N)ncnc32)cc1.CC(C)(C)OC(=O)Nc1ccc(N)cc1.CCOC(OCC)OCC.N#CC(N)C(N)=O.Nc1ccc(-n2cnc3c(N)ncnc32)cc1. The molecule has 6 heterocycles. The minimum Gasteiger partial charge on any atom is -0.444 e. The lowest BCUT2D eigenvalue weighted by Gasteiger charge is -2.19. The molecule has 40 heteroatoms. The first-order valence-corrected chi connectivity index (χ1v) is 36.0. The van der Waals surface area contributed by atoms with Crippen LogP contribution in [-0.4, -0.2) is 149 Å². The molecule has 5 aromatic carbocycles. The molecule has 0 bridgehead atoms. The Morgan fingerprint density at radius 2 is 0.695 bits per heavy atom. The van der Waals surface area contributed by atoms with Gasteiger partial charge < -0.3 is 84.8 Å². The summed E-state index contributed by atoms with van der Waals surface area (Å²) in [5.74, 6) is -0.334. The van der Waals surface area contributed by atoms with Gasteiger partial charge in [0.2, 0.25) is 5.91 Å². The molecule has 0 radical (unpaired) electrons. The van der Waals surface area contributed by atoms with Crippen molar-refractivity contribution >= 4 is 116 Å². The molecular weight excluding hydrogens is 1520 g/mol. The number of carbonyl (C=O) groups is 6. The van der Waals surface area contributed by atoms with E-state index in [1.807, 2.05) is 109 Å². The Bertz CT molecular complexity index is 5170. The minimum atomic E-state index is -1.15. The number of fused-ring (bicyclic) bond motifs is 2. The third kappa shape index (κ3) is 31.3. The topological polar surface area (TPSA) is 620 Å². The number of primary amides is 2. The first kappa shape index (κ1) is 93.9. The summed E-state index contributed by atoms with van der Waals surface area (Å²) >= 11 is 0. The van der Waals surface area contributed by atoms with Gasteiger partial charge in [0.1, 0.15) is 78.1 Å². The zero-order valence-corrected chi connectivity index (χ0v) is 68.1. The van der Waals surface area contributed by atoms with Gasteiger partial charge in [-0.1, -0.05) is 0 Å². The first-order valence-electron chi connectivity index (χ1n) is 36.0. The second kappa shape index (κ2) is 43.5. The highest BCUT2D eigenvalue weighted by Crippen LogP contribution is 2.26. The number of nitrogens with two attached hydrogens (primary N) is 9. The Morgan fingerprint density at radius 3 is 0.966 bits per heavy atom. The average molecular weight is 1620 g/mol. The summed E-state index contributed by atoms with van der Waals surface area (Å²) in [6.07, 6.45) is 6.98. The smallest absolute Gasteiger partial charge is 0.412 e. The van der Waals surface area contributed by atoms with Gasteiger partial charge in [-0.2, -0.15) is 10.5 Å². The molecule has 1 unspecified atom stereocenters. The Hall–Kier alpha value is -14.7. The van der Waals surface area contributed by atoms with Crippen molar-refractivity contribution in [3.05, 3.63) is 171 Å². The van der Waals surface area contributed by atoms with E-state index in [0.717, 1.165) is 17.1 Å². The number of anilines is 10. The fourth-order valence-corrected chi connectivity index (χ4v) is 9.11. The van der Waals surface area contributed by atoms with Crippen LogP contribution in [0.4, 0.5) is 76.6 Å². The second-order valence-corrected chi connectivity index (χ2v) is 28.3. The fraction of sp³-hybridized carbons (Fsp3) is 0.308. The van der Waals surface area contributed by atoms with Crippen molar-refractivity contribution in [3.8, 4) is 34.9 Å². The number of benzene rings is 5. The number of imidazole rings is 4. The summed E-state index contributed by atoms with van der Waals surface area (Å²) in [5, 5.41) is 27.2. The van der Waals surface area contributed by atoms with E-state index in [0.29, 0.717) is 93.6 Å². The van der Waals surface area contributed by atoms with Gasteiger partial charge in [0, 0.05) is 76.7 Å². The van der Waals surface area contributed by atoms with Crippen LogP contribution in [0.5, 0.6) is 0 Å². The average Bonchev–Trinajstić information content (AvgIpc) is 1.65. The number of amides is 6. The lowest BCUT2D eigenvalue weighted by Crippen LogP contribution is -2.34. The van der Waals surface area contributed by atoms with Crippen LogP contribution in [0, 0.1) is 22.7 Å². The molecule has 6 aromatic heterocycles. The van der Waals surface area contributed by atoms with Gasteiger partial charge in [0.15, 0.2) is 51.4 Å². The zero-order chi connectivity index (χ0) is 87.8. The lowest BCUT2D eigenvalue weighted by molar-refractivity contribution is -0.282. The monoisotopic (exact) mass is 1620 g/mol. The maximum Gasteiger partial charge on any atom is 0.412 e. The summed E-state index contributed by atoms with van der Waals surface area (Å²) in [5.41, 5.74) is 56.4. The molecule has 0 saturated heterocycles. The third-order valence-electron chi connectivity index (χ3n) is 14.1. The van der Waals surface area contributed by atoms with E-state index < -0.39 is 71.1 Å². The summed E-state index contributed by atoms with van der Waals surface area (Å²) in [6, 6.07) is 37.5. The summed E-state index contributed by atoms with van der Waals surface area (Å²) < 4.78 is 42.6. The van der Waals surface area contributed by atoms with Crippen LogP contribution >= 0.6 is 0 Å². The van der Waals surface area contributed by atoms with Crippen LogP contribution in [0.1, 0.15) is 120 Å². The van der Waals surface area contributed by atoms with E-state index >= 15 is 0 Å². The van der Waals surface area contributed by atoms with Gasteiger partial charge in [-0.15, -0.1) is 0 Å². The normalized spacial score (nSPS) is 11.1. The largest absolute Gasteiger partial charge is 0.444 e. The van der Waals surface area contributed by atoms with Gasteiger partial charge in [-0.3, -0.25) is 49.1 Å². The summed E-state index contributed by atoms with van der Waals surface area (Å²) in [7, 11) is 0. The van der Waals surface area contributed by atoms with E-state index in [2.05, 4.69) is 66.9 Å². The van der Waals surface area contributed by atoms with Crippen LogP contribution in [0.25, 0.3) is 45.1 Å². The molecule has 40 nitrogen and oxygen atoms in total. The highest BCUT2D eigenvalue weighted by atomic mass is 16.8. The molecule has 0 fully saturated rings. The van der Waals surface area contributed by atoms with Crippen LogP contribution in [0.2, 0.25) is 0 Å². The zero-order valence-electron chi connectivity index (χ0n) is 68.1. The molecule has 6 amide bonds. The van der Waals surface area contributed by atoms with E-state index in [9.17, 15) is 28.8 Å². The number of nitriles is 2. The van der Waals surface area contributed by atoms with E-state index in [4.69, 9.17) is 89.6 Å². The number of hydrogen-bond acceptors (Lipinski definition) is 30. The lowest BCUT2D eigenvalue weighted by atomic mass is 10.2. The van der Waals surface area contributed by atoms with E-state index in [1.165, 1.54) is 35.9 Å². The van der Waals surface area contributed by atoms with E-state index in [-0.39, 0.29) is 23.0 Å². The highest BCUT2D eigenvalue weighted by molar-refractivity contribution is 5.95. The Morgan fingerprint density at radius 1 is 0.407 bits per heavy atom.